The monoisotopic (exact) mass is 423 g/mol. The van der Waals surface area contributed by atoms with Crippen molar-refractivity contribution in [3.63, 3.8) is 0 Å². The predicted molar refractivity (Wildman–Crippen MR) is 119 cm³/mol. The third-order valence-corrected chi connectivity index (χ3v) is 11.1. The molecule has 3 N–H and O–H groups in total. The SMILES string of the molecule is C[C@@H]1c2ccc3c(c2C2(O)C[C@H]4CC[C@@H]1N2C4)C[C@H]1[C@H]3CC(O)[C@@H]2CC(O)CC[C@@]21C. The van der Waals surface area contributed by atoms with Crippen LogP contribution in [0, 0.1) is 23.2 Å². The molecule has 3 heterocycles. The number of nitrogens with zero attached hydrogens (tertiary/aromatic N) is 1. The van der Waals surface area contributed by atoms with Crippen LogP contribution in [0.5, 0.6) is 0 Å². The summed E-state index contributed by atoms with van der Waals surface area (Å²) in [7, 11) is 0. The number of piperidine rings is 1. The summed E-state index contributed by atoms with van der Waals surface area (Å²) in [4.78, 5) is 2.47. The highest BCUT2D eigenvalue weighted by atomic mass is 16.3. The van der Waals surface area contributed by atoms with Crippen LogP contribution in [0.25, 0.3) is 0 Å². The van der Waals surface area contributed by atoms with Crippen LogP contribution in [0.4, 0.5) is 0 Å². The Labute approximate surface area is 185 Å². The van der Waals surface area contributed by atoms with E-state index in [0.717, 1.165) is 45.1 Å². The Hall–Kier alpha value is -0.940. The maximum Gasteiger partial charge on any atom is 0.145 e. The Morgan fingerprint density at radius 1 is 1.03 bits per heavy atom. The Kier molecular flexibility index (Phi) is 3.86. The molecule has 6 aliphatic rings. The van der Waals surface area contributed by atoms with E-state index in [0.29, 0.717) is 29.7 Å². The molecule has 4 heteroatoms. The normalized spacial score (nSPS) is 52.3. The first-order valence-corrected chi connectivity index (χ1v) is 12.8. The van der Waals surface area contributed by atoms with Crippen molar-refractivity contribution in [2.75, 3.05) is 6.54 Å². The number of aliphatic hydroxyl groups excluding tert-OH is 2. The van der Waals surface area contributed by atoms with Crippen LogP contribution in [-0.2, 0) is 12.1 Å². The van der Waals surface area contributed by atoms with Crippen molar-refractivity contribution < 1.29 is 15.3 Å². The lowest BCUT2D eigenvalue weighted by molar-refractivity contribution is -0.124. The third-order valence-electron chi connectivity index (χ3n) is 11.1. The Morgan fingerprint density at radius 2 is 1.84 bits per heavy atom. The highest BCUT2D eigenvalue weighted by Crippen LogP contribution is 2.64. The maximum atomic E-state index is 12.2. The van der Waals surface area contributed by atoms with Crippen LogP contribution < -0.4 is 0 Å². The molecule has 7 rings (SSSR count). The van der Waals surface area contributed by atoms with Gasteiger partial charge in [0, 0.05) is 18.2 Å². The van der Waals surface area contributed by atoms with E-state index in [2.05, 4.69) is 30.9 Å². The fraction of sp³-hybridized carbons (Fsp3) is 0.778. The largest absolute Gasteiger partial charge is 0.393 e. The Morgan fingerprint density at radius 3 is 2.68 bits per heavy atom. The summed E-state index contributed by atoms with van der Waals surface area (Å²) in [5.74, 6) is 2.20. The van der Waals surface area contributed by atoms with Gasteiger partial charge in [0.2, 0.25) is 0 Å². The van der Waals surface area contributed by atoms with Gasteiger partial charge in [-0.2, -0.15) is 0 Å². The minimum absolute atomic E-state index is 0.0742. The van der Waals surface area contributed by atoms with Gasteiger partial charge in [-0.15, -0.1) is 0 Å². The molecule has 2 bridgehead atoms. The zero-order valence-corrected chi connectivity index (χ0v) is 18.9. The van der Waals surface area contributed by atoms with Crippen molar-refractivity contribution in [1.82, 2.24) is 4.90 Å². The molecule has 3 aliphatic carbocycles. The number of hydrogen-bond donors (Lipinski definition) is 3. The topological polar surface area (TPSA) is 63.9 Å². The smallest absolute Gasteiger partial charge is 0.145 e. The zero-order valence-electron chi connectivity index (χ0n) is 18.9. The first kappa shape index (κ1) is 19.5. The van der Waals surface area contributed by atoms with Gasteiger partial charge in [-0.1, -0.05) is 26.0 Å². The first-order chi connectivity index (χ1) is 14.8. The van der Waals surface area contributed by atoms with E-state index in [1.54, 1.807) is 0 Å². The molecular weight excluding hydrogens is 386 g/mol. The Balaban J connectivity index is 1.37. The zero-order chi connectivity index (χ0) is 21.3. The molecule has 2 saturated heterocycles. The van der Waals surface area contributed by atoms with Crippen LogP contribution in [0.2, 0.25) is 0 Å². The summed E-state index contributed by atoms with van der Waals surface area (Å²) < 4.78 is 0. The van der Waals surface area contributed by atoms with E-state index in [1.807, 2.05) is 0 Å². The molecule has 3 aliphatic heterocycles. The summed E-state index contributed by atoms with van der Waals surface area (Å²) >= 11 is 0. The summed E-state index contributed by atoms with van der Waals surface area (Å²) in [6.45, 7) is 5.82. The minimum Gasteiger partial charge on any atom is -0.393 e. The van der Waals surface area contributed by atoms with Gasteiger partial charge in [-0.25, -0.2) is 0 Å². The maximum absolute atomic E-state index is 12.2. The molecule has 31 heavy (non-hydrogen) atoms. The van der Waals surface area contributed by atoms with Crippen molar-refractivity contribution in [3.8, 4) is 0 Å². The van der Waals surface area contributed by atoms with Crippen molar-refractivity contribution in [1.29, 1.82) is 0 Å². The molecular formula is C27H37NO3. The van der Waals surface area contributed by atoms with Crippen molar-refractivity contribution in [3.05, 3.63) is 34.4 Å². The van der Waals surface area contributed by atoms with Crippen LogP contribution >= 0.6 is 0 Å². The lowest BCUT2D eigenvalue weighted by Crippen LogP contribution is -2.54. The average molecular weight is 424 g/mol. The molecule has 1 aromatic carbocycles. The minimum atomic E-state index is -0.784. The van der Waals surface area contributed by atoms with E-state index in [4.69, 9.17) is 0 Å². The second-order valence-electron chi connectivity index (χ2n) is 12.3. The molecule has 0 spiro atoms. The number of rotatable bonds is 0. The van der Waals surface area contributed by atoms with Gasteiger partial charge in [-0.3, -0.25) is 4.90 Å². The lowest BCUT2D eigenvalue weighted by Gasteiger charge is -2.55. The second-order valence-corrected chi connectivity index (χ2v) is 12.3. The van der Waals surface area contributed by atoms with Crippen LogP contribution in [0.15, 0.2) is 12.1 Å². The lowest BCUT2D eigenvalue weighted by atomic mass is 9.51. The fourth-order valence-corrected chi connectivity index (χ4v) is 9.64. The Bertz CT molecular complexity index is 947. The standard InChI is InChI=1S/C27H37NO3/c1-14-17-4-5-18-19-11-24(30)22-9-16(29)7-8-26(22,2)21(19)10-20(18)25(17)27(31)12-15-3-6-23(14)28(27)13-15/h4-5,14-16,19,21-24,29-31H,3,6-13H2,1-2H3/t14-,15-,16?,19+,21+,22+,23+,24?,26-,27?/m1/s1. The van der Waals surface area contributed by atoms with Gasteiger partial charge in [0.05, 0.1) is 12.2 Å². The average Bonchev–Trinajstić information content (AvgIpc) is 3.25. The third kappa shape index (κ3) is 2.31. The van der Waals surface area contributed by atoms with Gasteiger partial charge >= 0.3 is 0 Å². The van der Waals surface area contributed by atoms with Crippen LogP contribution in [0.1, 0.15) is 92.9 Å². The molecule has 1 aromatic rings. The van der Waals surface area contributed by atoms with Crippen molar-refractivity contribution in [2.45, 2.75) is 101 Å². The predicted octanol–water partition coefficient (Wildman–Crippen LogP) is 3.62. The van der Waals surface area contributed by atoms with Gasteiger partial charge < -0.3 is 15.3 Å². The number of benzene rings is 1. The molecule has 0 radical (unpaired) electrons. The molecule has 4 fully saturated rings. The number of fused-ring (bicyclic) bond motifs is 9. The summed E-state index contributed by atoms with van der Waals surface area (Å²) in [6, 6.07) is 5.18. The molecule has 3 unspecified atom stereocenters. The van der Waals surface area contributed by atoms with E-state index in [9.17, 15) is 15.3 Å². The molecule has 0 amide bonds. The number of hydrogen-bond acceptors (Lipinski definition) is 4. The van der Waals surface area contributed by atoms with Gasteiger partial charge in [0.15, 0.2) is 0 Å². The van der Waals surface area contributed by atoms with E-state index in [-0.39, 0.29) is 23.5 Å². The van der Waals surface area contributed by atoms with Crippen LogP contribution in [-0.4, -0.2) is 45.0 Å². The summed E-state index contributed by atoms with van der Waals surface area (Å²) in [5.41, 5.74) is 4.78. The molecule has 4 nitrogen and oxygen atoms in total. The van der Waals surface area contributed by atoms with Gasteiger partial charge in [0.1, 0.15) is 5.72 Å². The van der Waals surface area contributed by atoms with Crippen LogP contribution in [0.3, 0.4) is 0 Å². The van der Waals surface area contributed by atoms with Crippen molar-refractivity contribution in [2.24, 2.45) is 23.2 Å². The highest BCUT2D eigenvalue weighted by molar-refractivity contribution is 5.53. The molecule has 168 valence electrons. The van der Waals surface area contributed by atoms with E-state index in [1.165, 1.54) is 35.1 Å². The molecule has 0 aromatic heterocycles. The van der Waals surface area contributed by atoms with Gasteiger partial charge in [0.25, 0.3) is 0 Å². The summed E-state index contributed by atoms with van der Waals surface area (Å²) in [5, 5.41) is 33.7. The molecule has 10 atom stereocenters. The van der Waals surface area contributed by atoms with Gasteiger partial charge in [-0.05, 0) is 103 Å². The number of aliphatic hydroxyl groups is 3. The quantitative estimate of drug-likeness (QED) is 0.596. The molecule has 2 saturated carbocycles. The van der Waals surface area contributed by atoms with E-state index >= 15 is 0 Å². The highest BCUT2D eigenvalue weighted by Gasteiger charge is 2.61. The van der Waals surface area contributed by atoms with E-state index < -0.39 is 5.72 Å². The van der Waals surface area contributed by atoms with Crippen molar-refractivity contribution >= 4 is 0 Å². The summed E-state index contributed by atoms with van der Waals surface area (Å²) in [6.07, 6.45) is 7.22. The first-order valence-electron chi connectivity index (χ1n) is 12.8. The fourth-order valence-electron chi connectivity index (χ4n) is 9.64. The second kappa shape index (κ2) is 6.14.